The lowest BCUT2D eigenvalue weighted by Crippen LogP contribution is -2.38. The van der Waals surface area contributed by atoms with E-state index >= 15 is 0 Å². The van der Waals surface area contributed by atoms with Crippen LogP contribution in [0.15, 0.2) is 27.5 Å². The maximum atomic E-state index is 12.6. The van der Waals surface area contributed by atoms with E-state index in [2.05, 4.69) is 21.5 Å². The number of ether oxygens (including phenoxy) is 1. The van der Waals surface area contributed by atoms with Gasteiger partial charge in [0.15, 0.2) is 0 Å². The number of hydrogen-bond acceptors (Lipinski definition) is 6. The highest BCUT2D eigenvalue weighted by molar-refractivity contribution is 7.90. The predicted molar refractivity (Wildman–Crippen MR) is 113 cm³/mol. The van der Waals surface area contributed by atoms with Gasteiger partial charge in [-0.05, 0) is 44.5 Å². The zero-order chi connectivity index (χ0) is 20.9. The molecule has 1 saturated heterocycles. The molecule has 0 aromatic heterocycles. The zero-order valence-electron chi connectivity index (χ0n) is 17.2. The van der Waals surface area contributed by atoms with Crippen molar-refractivity contribution in [2.75, 3.05) is 50.8 Å². The molecule has 3 rings (SSSR count). The highest BCUT2D eigenvalue weighted by atomic mass is 32.2. The van der Waals surface area contributed by atoms with E-state index in [0.717, 1.165) is 52.1 Å². The number of unbranched alkanes of at least 4 members (excludes halogenated alkanes) is 1. The Balaban J connectivity index is 1.65. The quantitative estimate of drug-likeness (QED) is 0.643. The summed E-state index contributed by atoms with van der Waals surface area (Å²) < 4.78 is 34.3. The number of rotatable bonds is 8. The minimum absolute atomic E-state index is 0.0974. The topological polar surface area (TPSA) is 91.3 Å². The van der Waals surface area contributed by atoms with Crippen LogP contribution in [0.25, 0.3) is 0 Å². The van der Waals surface area contributed by atoms with Crippen LogP contribution in [0, 0.1) is 0 Å². The molecule has 1 aromatic carbocycles. The number of nitrogens with zero attached hydrogens (tertiary/aromatic N) is 3. The minimum atomic E-state index is -3.80. The van der Waals surface area contributed by atoms with Crippen LogP contribution in [0.4, 0.5) is 5.69 Å². The molecule has 0 bridgehead atoms. The summed E-state index contributed by atoms with van der Waals surface area (Å²) in [5, 5.41) is 2.89. The van der Waals surface area contributed by atoms with Crippen molar-refractivity contribution in [3.05, 3.63) is 23.8 Å². The van der Waals surface area contributed by atoms with Crippen LogP contribution in [0.5, 0.6) is 0 Å². The first kappa shape index (κ1) is 21.7. The summed E-state index contributed by atoms with van der Waals surface area (Å²) in [5.41, 5.74) is 0.929. The molecule has 160 valence electrons. The lowest BCUT2D eigenvalue weighted by molar-refractivity contribution is 0.0374. The lowest BCUT2D eigenvalue weighted by Gasteiger charge is -2.29. The summed E-state index contributed by atoms with van der Waals surface area (Å²) in [6, 6.07) is 4.84. The molecular weight excluding hydrogens is 392 g/mol. The van der Waals surface area contributed by atoms with Crippen molar-refractivity contribution in [1.82, 2.24) is 10.2 Å². The molecule has 2 aliphatic rings. The first-order valence-electron chi connectivity index (χ1n) is 10.2. The fourth-order valence-corrected chi connectivity index (χ4v) is 4.82. The van der Waals surface area contributed by atoms with Crippen LogP contribution < -0.4 is 10.2 Å². The number of anilines is 1. The monoisotopic (exact) mass is 422 g/mol. The van der Waals surface area contributed by atoms with E-state index in [1.165, 1.54) is 6.07 Å². The van der Waals surface area contributed by atoms with Crippen molar-refractivity contribution in [2.45, 2.75) is 38.0 Å². The standard InChI is InChI=1S/C20H30N4O4S/c1-3-4-10-24-16(2)22-29(26,27)19-15-17(6-7-18(19)24)20(25)21-8-5-9-23-11-13-28-14-12-23/h6-7,15H,3-5,8-14H2,1-2H3,(H,21,25). The van der Waals surface area contributed by atoms with Crippen molar-refractivity contribution in [3.63, 3.8) is 0 Å². The van der Waals surface area contributed by atoms with Crippen molar-refractivity contribution in [1.29, 1.82) is 0 Å². The largest absolute Gasteiger partial charge is 0.379 e. The lowest BCUT2D eigenvalue weighted by atomic mass is 10.1. The number of amidine groups is 1. The van der Waals surface area contributed by atoms with E-state index in [1.54, 1.807) is 19.1 Å². The first-order chi connectivity index (χ1) is 13.9. The molecular formula is C20H30N4O4S. The molecule has 0 unspecified atom stereocenters. The number of benzene rings is 1. The number of carbonyl (C=O) groups excluding carboxylic acids is 1. The van der Waals surface area contributed by atoms with Gasteiger partial charge in [0.25, 0.3) is 15.9 Å². The smallest absolute Gasteiger partial charge is 0.286 e. The predicted octanol–water partition coefficient (Wildman–Crippen LogP) is 1.87. The van der Waals surface area contributed by atoms with Crippen molar-refractivity contribution in [3.8, 4) is 0 Å². The third kappa shape index (κ3) is 5.34. The Morgan fingerprint density at radius 3 is 2.69 bits per heavy atom. The van der Waals surface area contributed by atoms with Gasteiger partial charge >= 0.3 is 0 Å². The normalized spacial score (nSPS) is 18.8. The molecule has 1 fully saturated rings. The van der Waals surface area contributed by atoms with E-state index in [9.17, 15) is 13.2 Å². The number of amides is 1. The average Bonchev–Trinajstić information content (AvgIpc) is 2.71. The van der Waals surface area contributed by atoms with Gasteiger partial charge < -0.3 is 15.0 Å². The maximum absolute atomic E-state index is 12.6. The van der Waals surface area contributed by atoms with Crippen molar-refractivity contribution in [2.24, 2.45) is 4.40 Å². The molecule has 9 heteroatoms. The number of hydrogen-bond donors (Lipinski definition) is 1. The van der Waals surface area contributed by atoms with Gasteiger partial charge in [0.2, 0.25) is 0 Å². The minimum Gasteiger partial charge on any atom is -0.379 e. The highest BCUT2D eigenvalue weighted by Gasteiger charge is 2.29. The molecule has 29 heavy (non-hydrogen) atoms. The molecule has 8 nitrogen and oxygen atoms in total. The van der Waals surface area contributed by atoms with E-state index in [4.69, 9.17) is 4.74 Å². The van der Waals surface area contributed by atoms with Crippen LogP contribution in [-0.4, -0.2) is 71.0 Å². The van der Waals surface area contributed by atoms with Crippen LogP contribution in [0.3, 0.4) is 0 Å². The second-order valence-corrected chi connectivity index (χ2v) is 8.94. The molecule has 0 radical (unpaired) electrons. The van der Waals surface area contributed by atoms with Gasteiger partial charge in [-0.1, -0.05) is 13.3 Å². The van der Waals surface area contributed by atoms with E-state index in [1.807, 2.05) is 4.90 Å². The Morgan fingerprint density at radius 1 is 1.21 bits per heavy atom. The van der Waals surface area contributed by atoms with Gasteiger partial charge in [-0.3, -0.25) is 9.69 Å². The molecule has 2 aliphatic heterocycles. The van der Waals surface area contributed by atoms with Gasteiger partial charge in [0.1, 0.15) is 10.7 Å². The second kappa shape index (κ2) is 9.69. The number of nitrogens with one attached hydrogen (secondary N) is 1. The summed E-state index contributed by atoms with van der Waals surface area (Å²) in [7, 11) is -3.80. The maximum Gasteiger partial charge on any atom is 0.286 e. The Kier molecular flexibility index (Phi) is 7.26. The molecule has 1 amide bonds. The summed E-state index contributed by atoms with van der Waals surface area (Å²) in [5.74, 6) is 0.197. The molecule has 2 heterocycles. The number of fused-ring (bicyclic) bond motifs is 1. The van der Waals surface area contributed by atoms with Gasteiger partial charge in [-0.15, -0.1) is 4.40 Å². The number of sulfonamides is 1. The summed E-state index contributed by atoms with van der Waals surface area (Å²) in [6.45, 7) is 9.28. The summed E-state index contributed by atoms with van der Waals surface area (Å²) in [6.07, 6.45) is 2.76. The van der Waals surface area contributed by atoms with Crippen LogP contribution in [0.1, 0.15) is 43.5 Å². The fraction of sp³-hybridized carbons (Fsp3) is 0.600. The van der Waals surface area contributed by atoms with Gasteiger partial charge in [0.05, 0.1) is 18.9 Å². The zero-order valence-corrected chi connectivity index (χ0v) is 18.0. The Hall–Kier alpha value is -1.97. The first-order valence-corrected chi connectivity index (χ1v) is 11.7. The van der Waals surface area contributed by atoms with Gasteiger partial charge in [-0.25, -0.2) is 0 Å². The highest BCUT2D eigenvalue weighted by Crippen LogP contribution is 2.32. The Labute approximate surface area is 173 Å². The molecule has 1 N–H and O–H groups in total. The van der Waals surface area contributed by atoms with E-state index in [0.29, 0.717) is 30.2 Å². The van der Waals surface area contributed by atoms with Gasteiger partial charge in [-0.2, -0.15) is 8.42 Å². The van der Waals surface area contributed by atoms with Crippen LogP contribution >= 0.6 is 0 Å². The van der Waals surface area contributed by atoms with Crippen molar-refractivity contribution < 1.29 is 17.9 Å². The summed E-state index contributed by atoms with van der Waals surface area (Å²) in [4.78, 5) is 16.8. The van der Waals surface area contributed by atoms with Crippen LogP contribution in [0.2, 0.25) is 0 Å². The van der Waals surface area contributed by atoms with Gasteiger partial charge in [0, 0.05) is 31.7 Å². The number of morpholine rings is 1. The summed E-state index contributed by atoms with van der Waals surface area (Å²) >= 11 is 0. The average molecular weight is 423 g/mol. The molecule has 0 spiro atoms. The van der Waals surface area contributed by atoms with E-state index in [-0.39, 0.29) is 10.8 Å². The third-order valence-electron chi connectivity index (χ3n) is 5.21. The second-order valence-electron chi connectivity index (χ2n) is 7.36. The Bertz CT molecular complexity index is 863. The van der Waals surface area contributed by atoms with E-state index < -0.39 is 10.0 Å². The molecule has 0 atom stereocenters. The fourth-order valence-electron chi connectivity index (χ4n) is 3.56. The molecule has 0 saturated carbocycles. The SMILES string of the molecule is CCCCN1C(C)=NS(=O)(=O)c2cc(C(=O)NCCCN3CCOCC3)ccc21. The molecule has 1 aromatic rings. The van der Waals surface area contributed by atoms with Crippen LogP contribution in [-0.2, 0) is 14.8 Å². The third-order valence-corrected chi connectivity index (χ3v) is 6.60. The molecule has 0 aliphatic carbocycles. The number of carbonyl (C=O) groups is 1. The van der Waals surface area contributed by atoms with Crippen molar-refractivity contribution >= 4 is 27.5 Å². The Morgan fingerprint density at radius 2 is 1.97 bits per heavy atom.